The Kier molecular flexibility index (Phi) is 7.81. The third kappa shape index (κ3) is 5.95. The fraction of sp³-hybridized carbons (Fsp3) is 0.429. The van der Waals surface area contributed by atoms with Crippen LogP contribution in [0.25, 0.3) is 21.9 Å². The molecule has 0 N–H and O–H groups in total. The van der Waals surface area contributed by atoms with Gasteiger partial charge in [-0.1, -0.05) is 57.6 Å². The van der Waals surface area contributed by atoms with E-state index in [1.54, 1.807) is 0 Å². The molecule has 0 aromatic heterocycles. The summed E-state index contributed by atoms with van der Waals surface area (Å²) in [6.07, 6.45) is 3.23. The molecule has 0 spiro atoms. The van der Waals surface area contributed by atoms with E-state index in [2.05, 4.69) is 11.7 Å². The second-order valence-electron chi connectivity index (χ2n) is 9.63. The van der Waals surface area contributed by atoms with Gasteiger partial charge in [-0.05, 0) is 65.5 Å². The van der Waals surface area contributed by atoms with Crippen molar-refractivity contribution in [2.75, 3.05) is 0 Å². The minimum absolute atomic E-state index is 0.0154. The number of halogens is 7. The Hall–Kier alpha value is -2.77. The highest BCUT2D eigenvalue weighted by molar-refractivity contribution is 5.89. The van der Waals surface area contributed by atoms with E-state index in [0.717, 1.165) is 37.3 Å². The summed E-state index contributed by atoms with van der Waals surface area (Å²) in [6.45, 7) is 2.19. The first-order valence-electron chi connectivity index (χ1n) is 12.2. The molecule has 4 rings (SSSR count). The van der Waals surface area contributed by atoms with E-state index in [9.17, 15) is 30.7 Å². The third-order valence-electron chi connectivity index (χ3n) is 7.10. The van der Waals surface area contributed by atoms with Gasteiger partial charge in [-0.15, -0.1) is 13.2 Å². The van der Waals surface area contributed by atoms with Gasteiger partial charge in [-0.3, -0.25) is 0 Å². The molecule has 8 heteroatoms. The van der Waals surface area contributed by atoms with E-state index in [0.29, 0.717) is 24.0 Å². The van der Waals surface area contributed by atoms with E-state index in [4.69, 9.17) is 0 Å². The first-order valence-corrected chi connectivity index (χ1v) is 12.2. The first-order chi connectivity index (χ1) is 17.1. The van der Waals surface area contributed by atoms with Crippen molar-refractivity contribution in [1.29, 1.82) is 0 Å². The minimum atomic E-state index is -5.28. The molecule has 0 atom stereocenters. The summed E-state index contributed by atoms with van der Waals surface area (Å²) < 4.78 is 99.5. The number of alkyl halides is 3. The quantitative estimate of drug-likeness (QED) is 0.287. The van der Waals surface area contributed by atoms with Crippen molar-refractivity contribution in [3.63, 3.8) is 0 Å². The van der Waals surface area contributed by atoms with Gasteiger partial charge >= 0.3 is 6.36 Å². The summed E-state index contributed by atoms with van der Waals surface area (Å²) in [5.41, 5.74) is 0.190. The Morgan fingerprint density at radius 3 is 2.00 bits per heavy atom. The summed E-state index contributed by atoms with van der Waals surface area (Å²) >= 11 is 0. The monoisotopic (exact) mass is 512 g/mol. The highest BCUT2D eigenvalue weighted by Gasteiger charge is 2.34. The Labute approximate surface area is 205 Å². The fourth-order valence-electron chi connectivity index (χ4n) is 5.31. The largest absolute Gasteiger partial charge is 0.573 e. The standard InChI is InChI=1S/C28H27F7O/c1-2-3-16-4-6-17(7-5-16)8-9-18-12-22(29)25(23(30)13-18)19-10-11-21-20(14-19)15-24(31)27(26(21)32)36-28(33,34)35/h10-17H,2-9H2,1H3/t16-,17-. The molecule has 3 aromatic rings. The molecule has 36 heavy (non-hydrogen) atoms. The molecule has 1 aliphatic rings. The molecule has 0 radical (unpaired) electrons. The highest BCUT2D eigenvalue weighted by Crippen LogP contribution is 2.37. The number of benzene rings is 3. The molecule has 0 amide bonds. The topological polar surface area (TPSA) is 9.23 Å². The number of hydrogen-bond donors (Lipinski definition) is 0. The van der Waals surface area contributed by atoms with Crippen LogP contribution < -0.4 is 4.74 Å². The van der Waals surface area contributed by atoms with Crippen molar-refractivity contribution in [2.24, 2.45) is 11.8 Å². The molecule has 1 nitrogen and oxygen atoms in total. The second kappa shape index (κ2) is 10.7. The SMILES string of the molecule is CCC[C@H]1CC[C@H](CCc2cc(F)c(-c3ccc4c(F)c(OC(F)(F)F)c(F)cc4c3)c(F)c2)CC1. The molecule has 0 saturated heterocycles. The molecular formula is C28H27F7O. The highest BCUT2D eigenvalue weighted by atomic mass is 19.4. The van der Waals surface area contributed by atoms with Crippen LogP contribution in [0.1, 0.15) is 57.4 Å². The molecule has 0 aliphatic heterocycles. The van der Waals surface area contributed by atoms with Crippen molar-refractivity contribution in [2.45, 2.75) is 64.7 Å². The van der Waals surface area contributed by atoms with Gasteiger partial charge in [0.1, 0.15) is 11.6 Å². The van der Waals surface area contributed by atoms with Gasteiger partial charge in [0.2, 0.25) is 5.75 Å². The van der Waals surface area contributed by atoms with Crippen molar-refractivity contribution >= 4 is 10.8 Å². The van der Waals surface area contributed by atoms with E-state index >= 15 is 0 Å². The van der Waals surface area contributed by atoms with Crippen LogP contribution in [0.15, 0.2) is 36.4 Å². The van der Waals surface area contributed by atoms with Crippen molar-refractivity contribution in [3.8, 4) is 16.9 Å². The van der Waals surface area contributed by atoms with Gasteiger partial charge in [0.25, 0.3) is 0 Å². The Morgan fingerprint density at radius 1 is 0.806 bits per heavy atom. The van der Waals surface area contributed by atoms with Crippen LogP contribution in [-0.4, -0.2) is 6.36 Å². The lowest BCUT2D eigenvalue weighted by Gasteiger charge is -2.28. The van der Waals surface area contributed by atoms with E-state index in [-0.39, 0.29) is 21.9 Å². The van der Waals surface area contributed by atoms with Gasteiger partial charge in [0, 0.05) is 5.39 Å². The molecule has 0 heterocycles. The van der Waals surface area contributed by atoms with Crippen molar-refractivity contribution in [3.05, 3.63) is 65.2 Å². The zero-order chi connectivity index (χ0) is 26.0. The lowest BCUT2D eigenvalue weighted by molar-refractivity contribution is -0.276. The number of aryl methyl sites for hydroxylation is 1. The van der Waals surface area contributed by atoms with E-state index in [1.807, 2.05) is 0 Å². The van der Waals surface area contributed by atoms with Gasteiger partial charge in [0.05, 0.1) is 5.56 Å². The van der Waals surface area contributed by atoms with Crippen LogP contribution in [0.4, 0.5) is 30.7 Å². The van der Waals surface area contributed by atoms with Crippen molar-refractivity contribution in [1.82, 2.24) is 0 Å². The molecule has 194 valence electrons. The Balaban J connectivity index is 1.53. The van der Waals surface area contributed by atoms with Gasteiger partial charge < -0.3 is 4.74 Å². The van der Waals surface area contributed by atoms with Crippen molar-refractivity contribution < 1.29 is 35.5 Å². The summed E-state index contributed by atoms with van der Waals surface area (Å²) in [5, 5.41) is -0.524. The van der Waals surface area contributed by atoms with Gasteiger partial charge in [-0.25, -0.2) is 17.6 Å². The number of fused-ring (bicyclic) bond motifs is 1. The third-order valence-corrected chi connectivity index (χ3v) is 7.10. The number of hydrogen-bond acceptors (Lipinski definition) is 1. The van der Waals surface area contributed by atoms with Crippen LogP contribution in [-0.2, 0) is 6.42 Å². The summed E-state index contributed by atoms with van der Waals surface area (Å²) in [6, 6.07) is 6.54. The summed E-state index contributed by atoms with van der Waals surface area (Å²) in [7, 11) is 0. The first kappa shape index (κ1) is 26.3. The lowest BCUT2D eigenvalue weighted by Crippen LogP contribution is -2.19. The van der Waals surface area contributed by atoms with Crippen LogP contribution >= 0.6 is 0 Å². The smallest absolute Gasteiger partial charge is 0.399 e. The minimum Gasteiger partial charge on any atom is -0.399 e. The summed E-state index contributed by atoms with van der Waals surface area (Å²) in [4.78, 5) is 0. The van der Waals surface area contributed by atoms with E-state index < -0.39 is 35.4 Å². The fourth-order valence-corrected chi connectivity index (χ4v) is 5.31. The van der Waals surface area contributed by atoms with Crippen LogP contribution in [0.5, 0.6) is 5.75 Å². The lowest BCUT2D eigenvalue weighted by atomic mass is 9.78. The number of ether oxygens (including phenoxy) is 1. The van der Waals surface area contributed by atoms with E-state index in [1.165, 1.54) is 43.9 Å². The maximum absolute atomic E-state index is 15.0. The molecular weight excluding hydrogens is 485 g/mol. The molecule has 3 aromatic carbocycles. The molecule has 1 fully saturated rings. The zero-order valence-corrected chi connectivity index (χ0v) is 19.8. The van der Waals surface area contributed by atoms with Gasteiger partial charge in [0.15, 0.2) is 11.6 Å². The predicted octanol–water partition coefficient (Wildman–Crippen LogP) is 9.50. The number of rotatable bonds is 7. The average Bonchev–Trinajstić information content (AvgIpc) is 2.80. The van der Waals surface area contributed by atoms with Crippen LogP contribution in [0.2, 0.25) is 0 Å². The molecule has 0 bridgehead atoms. The molecule has 1 aliphatic carbocycles. The maximum atomic E-state index is 15.0. The molecule has 1 saturated carbocycles. The average molecular weight is 513 g/mol. The summed E-state index contributed by atoms with van der Waals surface area (Å²) in [5.74, 6) is -5.00. The second-order valence-corrected chi connectivity index (χ2v) is 9.63. The normalized spacial score (nSPS) is 18.6. The predicted molar refractivity (Wildman–Crippen MR) is 125 cm³/mol. The maximum Gasteiger partial charge on any atom is 0.573 e. The molecule has 0 unspecified atom stereocenters. The van der Waals surface area contributed by atoms with Crippen LogP contribution in [0, 0.1) is 35.1 Å². The Bertz CT molecular complexity index is 1200. The van der Waals surface area contributed by atoms with Crippen LogP contribution in [0.3, 0.4) is 0 Å². The van der Waals surface area contributed by atoms with Gasteiger partial charge in [-0.2, -0.15) is 0 Å². The Morgan fingerprint density at radius 2 is 1.42 bits per heavy atom. The zero-order valence-electron chi connectivity index (χ0n) is 19.8.